The molecule has 0 aliphatic carbocycles. The van der Waals surface area contributed by atoms with Crippen molar-refractivity contribution in [3.05, 3.63) is 71.6 Å². The van der Waals surface area contributed by atoms with Gasteiger partial charge in [-0.05, 0) is 5.56 Å². The van der Waals surface area contributed by atoms with Gasteiger partial charge in [0.25, 0.3) is 0 Å². The molecule has 0 saturated heterocycles. The summed E-state index contributed by atoms with van der Waals surface area (Å²) in [6.07, 6.45) is 3.69. The van der Waals surface area contributed by atoms with E-state index in [2.05, 4.69) is 5.32 Å². The zero-order valence-electron chi connectivity index (χ0n) is 10.0. The van der Waals surface area contributed by atoms with Crippen molar-refractivity contribution in [2.24, 2.45) is 0 Å². The third-order valence-electron chi connectivity index (χ3n) is 2.52. The Morgan fingerprint density at radius 3 is 2.21 bits per heavy atom. The molecule has 0 unspecified atom stereocenters. The molecule has 0 aliphatic rings. The van der Waals surface area contributed by atoms with Gasteiger partial charge >= 0.3 is 0 Å². The number of hydrogen-bond donors (Lipinski definition) is 1. The largest absolute Gasteiger partial charge is 0.381 e. The summed E-state index contributed by atoms with van der Waals surface area (Å²) < 4.78 is 38.6. The molecule has 0 radical (unpaired) electrons. The topological polar surface area (TPSA) is 12.0 Å². The van der Waals surface area contributed by atoms with E-state index >= 15 is 0 Å². The number of benzene rings is 2. The lowest BCUT2D eigenvalue weighted by Gasteiger charge is -2.04. The van der Waals surface area contributed by atoms with E-state index in [4.69, 9.17) is 0 Å². The molecule has 19 heavy (non-hydrogen) atoms. The lowest BCUT2D eigenvalue weighted by Crippen LogP contribution is -2.01. The molecule has 0 heterocycles. The Morgan fingerprint density at radius 2 is 1.58 bits per heavy atom. The predicted octanol–water partition coefficient (Wildman–Crippen LogP) is 4.23. The number of halogens is 3. The van der Waals surface area contributed by atoms with Crippen LogP contribution in [0.5, 0.6) is 0 Å². The van der Waals surface area contributed by atoms with Gasteiger partial charge in [0.05, 0.1) is 0 Å². The van der Waals surface area contributed by atoms with E-state index in [9.17, 15) is 13.2 Å². The van der Waals surface area contributed by atoms with Crippen LogP contribution in [0.3, 0.4) is 0 Å². The lowest BCUT2D eigenvalue weighted by molar-refractivity contribution is 0.448. The van der Waals surface area contributed by atoms with Gasteiger partial charge in [0.2, 0.25) is 0 Å². The third-order valence-corrected chi connectivity index (χ3v) is 2.52. The second-order valence-corrected chi connectivity index (χ2v) is 3.95. The number of nitrogens with one attached hydrogen (secondary N) is 1. The van der Waals surface area contributed by atoms with Crippen LogP contribution in [-0.2, 0) is 0 Å². The minimum Gasteiger partial charge on any atom is -0.381 e. The molecule has 0 aromatic heterocycles. The van der Waals surface area contributed by atoms with Crippen molar-refractivity contribution in [3.8, 4) is 0 Å². The molecular formula is C15H12F3N. The van der Waals surface area contributed by atoms with Gasteiger partial charge in [0.15, 0.2) is 17.5 Å². The molecular weight excluding hydrogens is 251 g/mol. The van der Waals surface area contributed by atoms with Gasteiger partial charge in [-0.2, -0.15) is 0 Å². The minimum atomic E-state index is -1.45. The summed E-state index contributed by atoms with van der Waals surface area (Å²) >= 11 is 0. The fourth-order valence-corrected chi connectivity index (χ4v) is 1.59. The highest BCUT2D eigenvalue weighted by molar-refractivity contribution is 5.51. The van der Waals surface area contributed by atoms with Gasteiger partial charge in [-0.15, -0.1) is 0 Å². The summed E-state index contributed by atoms with van der Waals surface area (Å²) in [4.78, 5) is 0. The van der Waals surface area contributed by atoms with Crippen LogP contribution in [0.1, 0.15) is 5.56 Å². The summed E-state index contributed by atoms with van der Waals surface area (Å²) in [5, 5.41) is 2.79. The van der Waals surface area contributed by atoms with E-state index in [0.717, 1.165) is 17.7 Å². The SMILES string of the molecule is Fc1cc(NC/C=C/c2ccccc2)cc(F)c1F. The summed E-state index contributed by atoms with van der Waals surface area (Å²) in [6, 6.07) is 11.5. The van der Waals surface area contributed by atoms with Crippen molar-refractivity contribution >= 4 is 11.8 Å². The summed E-state index contributed by atoms with van der Waals surface area (Å²) in [5.74, 6) is -3.85. The van der Waals surface area contributed by atoms with Crippen LogP contribution in [0.25, 0.3) is 6.08 Å². The Bertz CT molecular complexity index is 556. The van der Waals surface area contributed by atoms with E-state index < -0.39 is 17.5 Å². The second-order valence-electron chi connectivity index (χ2n) is 3.95. The summed E-state index contributed by atoms with van der Waals surface area (Å²) in [7, 11) is 0. The molecule has 0 saturated carbocycles. The van der Waals surface area contributed by atoms with E-state index in [-0.39, 0.29) is 5.69 Å². The zero-order valence-corrected chi connectivity index (χ0v) is 10.0. The van der Waals surface area contributed by atoms with Crippen molar-refractivity contribution in [1.82, 2.24) is 0 Å². The predicted molar refractivity (Wildman–Crippen MR) is 70.3 cm³/mol. The molecule has 4 heteroatoms. The van der Waals surface area contributed by atoms with Crippen LogP contribution < -0.4 is 5.32 Å². The smallest absolute Gasteiger partial charge is 0.194 e. The van der Waals surface area contributed by atoms with Crippen LogP contribution in [-0.4, -0.2) is 6.54 Å². The first-order valence-electron chi connectivity index (χ1n) is 5.77. The van der Waals surface area contributed by atoms with Gasteiger partial charge in [-0.1, -0.05) is 42.5 Å². The second kappa shape index (κ2) is 6.09. The normalized spacial score (nSPS) is 10.9. The molecule has 98 valence electrons. The number of anilines is 1. The van der Waals surface area contributed by atoms with Crippen molar-refractivity contribution in [2.45, 2.75) is 0 Å². The quantitative estimate of drug-likeness (QED) is 0.814. The zero-order chi connectivity index (χ0) is 13.7. The highest BCUT2D eigenvalue weighted by atomic mass is 19.2. The highest BCUT2D eigenvalue weighted by Gasteiger charge is 2.09. The van der Waals surface area contributed by atoms with Gasteiger partial charge in [-0.25, -0.2) is 13.2 Å². The van der Waals surface area contributed by atoms with Gasteiger partial charge in [0.1, 0.15) is 0 Å². The first-order chi connectivity index (χ1) is 9.16. The molecule has 0 bridgehead atoms. The summed E-state index contributed by atoms with van der Waals surface area (Å²) in [6.45, 7) is 0.388. The van der Waals surface area contributed by atoms with E-state index in [1.165, 1.54) is 0 Å². The van der Waals surface area contributed by atoms with Crippen molar-refractivity contribution in [2.75, 3.05) is 11.9 Å². The maximum absolute atomic E-state index is 12.9. The Kier molecular flexibility index (Phi) is 4.23. The monoisotopic (exact) mass is 263 g/mol. The fraction of sp³-hybridized carbons (Fsp3) is 0.0667. The van der Waals surface area contributed by atoms with E-state index in [1.54, 1.807) is 0 Å². The maximum atomic E-state index is 12.9. The van der Waals surface area contributed by atoms with E-state index in [0.29, 0.717) is 6.54 Å². The molecule has 2 rings (SSSR count). The molecule has 2 aromatic carbocycles. The summed E-state index contributed by atoms with van der Waals surface area (Å²) in [5.41, 5.74) is 1.23. The first kappa shape index (κ1) is 13.2. The molecule has 0 atom stereocenters. The van der Waals surface area contributed by atoms with Crippen LogP contribution >= 0.6 is 0 Å². The Morgan fingerprint density at radius 1 is 0.947 bits per heavy atom. The highest BCUT2D eigenvalue weighted by Crippen LogP contribution is 2.17. The standard InChI is InChI=1S/C15H12F3N/c16-13-9-12(10-14(17)15(13)18)19-8-4-7-11-5-2-1-3-6-11/h1-7,9-10,19H,8H2/b7-4+. The molecule has 0 fully saturated rings. The molecule has 0 spiro atoms. The van der Waals surface area contributed by atoms with Gasteiger partial charge in [-0.3, -0.25) is 0 Å². The van der Waals surface area contributed by atoms with Crippen molar-refractivity contribution < 1.29 is 13.2 Å². The van der Waals surface area contributed by atoms with Gasteiger partial charge in [0, 0.05) is 24.4 Å². The first-order valence-corrected chi connectivity index (χ1v) is 5.77. The molecule has 0 amide bonds. The fourth-order valence-electron chi connectivity index (χ4n) is 1.59. The maximum Gasteiger partial charge on any atom is 0.194 e. The average molecular weight is 263 g/mol. The van der Waals surface area contributed by atoms with Crippen LogP contribution in [0, 0.1) is 17.5 Å². The number of rotatable bonds is 4. The van der Waals surface area contributed by atoms with Gasteiger partial charge < -0.3 is 5.32 Å². The Hall–Kier alpha value is -2.23. The Balaban J connectivity index is 1.95. The van der Waals surface area contributed by atoms with Crippen LogP contribution in [0.2, 0.25) is 0 Å². The van der Waals surface area contributed by atoms with Crippen molar-refractivity contribution in [1.29, 1.82) is 0 Å². The van der Waals surface area contributed by atoms with Crippen molar-refractivity contribution in [3.63, 3.8) is 0 Å². The molecule has 1 N–H and O–H groups in total. The number of hydrogen-bond acceptors (Lipinski definition) is 1. The third kappa shape index (κ3) is 3.61. The molecule has 2 aromatic rings. The molecule has 0 aliphatic heterocycles. The van der Waals surface area contributed by atoms with Crippen LogP contribution in [0.4, 0.5) is 18.9 Å². The van der Waals surface area contributed by atoms with E-state index in [1.807, 2.05) is 42.5 Å². The molecule has 1 nitrogen and oxygen atoms in total. The van der Waals surface area contributed by atoms with Crippen LogP contribution in [0.15, 0.2) is 48.5 Å². The average Bonchev–Trinajstić information content (AvgIpc) is 2.42. The Labute approximate surface area is 109 Å². The minimum absolute atomic E-state index is 0.203. The lowest BCUT2D eigenvalue weighted by atomic mass is 10.2.